The third kappa shape index (κ3) is 2.86. The summed E-state index contributed by atoms with van der Waals surface area (Å²) < 4.78 is 40.6. The summed E-state index contributed by atoms with van der Waals surface area (Å²) in [6.45, 7) is 4.87. The molecule has 0 unspecified atom stereocenters. The van der Waals surface area contributed by atoms with E-state index in [0.717, 1.165) is 4.90 Å². The Hall–Kier alpha value is -1.78. The molecule has 1 heterocycles. The molecule has 2 nitrogen and oxygen atoms in total. The summed E-state index contributed by atoms with van der Waals surface area (Å²) in [4.78, 5) is 13.2. The quantitative estimate of drug-likeness (QED) is 0.811. The van der Waals surface area contributed by atoms with E-state index in [0.29, 0.717) is 11.1 Å². The van der Waals surface area contributed by atoms with Crippen LogP contribution in [-0.4, -0.2) is 29.8 Å². The minimum atomic E-state index is -2.89. The second-order valence-corrected chi connectivity index (χ2v) is 5.08. The van der Waals surface area contributed by atoms with Crippen molar-refractivity contribution in [2.24, 2.45) is 0 Å². The van der Waals surface area contributed by atoms with Gasteiger partial charge in [0.1, 0.15) is 5.82 Å². The van der Waals surface area contributed by atoms with Gasteiger partial charge in [0, 0.05) is 13.0 Å². The molecule has 1 aliphatic rings. The number of hydrogen-bond acceptors (Lipinski definition) is 1. The van der Waals surface area contributed by atoms with Gasteiger partial charge >= 0.3 is 0 Å². The van der Waals surface area contributed by atoms with E-state index < -0.39 is 24.2 Å². The first-order valence-corrected chi connectivity index (χ1v) is 6.44. The molecule has 2 rings (SSSR count). The molecule has 1 aliphatic heterocycles. The van der Waals surface area contributed by atoms with Gasteiger partial charge in [0.05, 0.1) is 12.1 Å². The predicted molar refractivity (Wildman–Crippen MR) is 71.3 cm³/mol. The Labute approximate surface area is 115 Å². The van der Waals surface area contributed by atoms with Crippen LogP contribution in [0.5, 0.6) is 0 Å². The van der Waals surface area contributed by atoms with Crippen molar-refractivity contribution >= 4 is 12.0 Å². The average Bonchev–Trinajstić information content (AvgIpc) is 2.37. The van der Waals surface area contributed by atoms with E-state index in [2.05, 4.69) is 6.58 Å². The first kappa shape index (κ1) is 14.6. The number of amides is 1. The number of aryl methyl sites for hydroxylation is 1. The van der Waals surface area contributed by atoms with Crippen LogP contribution < -0.4 is 0 Å². The van der Waals surface area contributed by atoms with Crippen molar-refractivity contribution in [3.63, 3.8) is 0 Å². The summed E-state index contributed by atoms with van der Waals surface area (Å²) in [5.74, 6) is -4.27. The number of rotatable bonds is 2. The van der Waals surface area contributed by atoms with E-state index in [1.165, 1.54) is 18.2 Å². The summed E-state index contributed by atoms with van der Waals surface area (Å²) >= 11 is 0. The minimum absolute atomic E-state index is 0.178. The molecule has 20 heavy (non-hydrogen) atoms. The standard InChI is InChI=1S/C15H16F3NO/c1-3-11-8-12(13(16)7-10(11)2)14(20)19-6-4-5-15(17,18)9-19/h3,7-8H,1,4-6,9H2,2H3. The van der Waals surface area contributed by atoms with Gasteiger partial charge in [0.15, 0.2) is 0 Å². The van der Waals surface area contributed by atoms with Gasteiger partial charge in [-0.25, -0.2) is 13.2 Å². The third-order valence-corrected chi connectivity index (χ3v) is 3.49. The summed E-state index contributed by atoms with van der Waals surface area (Å²) in [6, 6.07) is 2.60. The molecule has 1 fully saturated rings. The van der Waals surface area contributed by atoms with Crippen LogP contribution in [0.3, 0.4) is 0 Å². The summed E-state index contributed by atoms with van der Waals surface area (Å²) in [6.07, 6.45) is 1.50. The molecular formula is C15H16F3NO. The highest BCUT2D eigenvalue weighted by atomic mass is 19.3. The first-order chi connectivity index (χ1) is 9.34. The molecule has 1 saturated heterocycles. The number of alkyl halides is 2. The van der Waals surface area contributed by atoms with E-state index in [4.69, 9.17) is 0 Å². The normalized spacial score (nSPS) is 17.9. The first-order valence-electron chi connectivity index (χ1n) is 6.44. The number of nitrogens with zero attached hydrogens (tertiary/aromatic N) is 1. The highest BCUT2D eigenvalue weighted by Crippen LogP contribution is 2.28. The highest BCUT2D eigenvalue weighted by Gasteiger charge is 2.37. The van der Waals surface area contributed by atoms with Gasteiger partial charge in [-0.05, 0) is 36.6 Å². The fraction of sp³-hybridized carbons (Fsp3) is 0.400. The number of carbonyl (C=O) groups excluding carboxylic acids is 1. The highest BCUT2D eigenvalue weighted by molar-refractivity contribution is 5.95. The summed E-state index contributed by atoms with van der Waals surface area (Å²) in [5.41, 5.74) is 1.10. The van der Waals surface area contributed by atoms with Crippen LogP contribution in [0.2, 0.25) is 0 Å². The summed E-state index contributed by atoms with van der Waals surface area (Å²) in [7, 11) is 0. The Balaban J connectivity index is 2.31. The van der Waals surface area contributed by atoms with Crippen molar-refractivity contribution in [2.75, 3.05) is 13.1 Å². The Kier molecular flexibility index (Phi) is 3.88. The van der Waals surface area contributed by atoms with E-state index in [9.17, 15) is 18.0 Å². The third-order valence-electron chi connectivity index (χ3n) is 3.49. The molecule has 0 saturated carbocycles. The number of likely N-dealkylation sites (tertiary alicyclic amines) is 1. The van der Waals surface area contributed by atoms with Gasteiger partial charge in [-0.2, -0.15) is 0 Å². The van der Waals surface area contributed by atoms with Crippen molar-refractivity contribution in [2.45, 2.75) is 25.7 Å². The summed E-state index contributed by atoms with van der Waals surface area (Å²) in [5, 5.41) is 0. The molecule has 0 N–H and O–H groups in total. The van der Waals surface area contributed by atoms with Crippen molar-refractivity contribution in [1.29, 1.82) is 0 Å². The van der Waals surface area contributed by atoms with Crippen LogP contribution in [0, 0.1) is 12.7 Å². The average molecular weight is 283 g/mol. The molecule has 0 aromatic heterocycles. The second kappa shape index (κ2) is 5.31. The van der Waals surface area contributed by atoms with Crippen LogP contribution in [0.15, 0.2) is 18.7 Å². The Morgan fingerprint density at radius 3 is 2.75 bits per heavy atom. The molecular weight excluding hydrogens is 267 g/mol. The largest absolute Gasteiger partial charge is 0.333 e. The molecule has 0 bridgehead atoms. The molecule has 108 valence electrons. The molecule has 1 aromatic carbocycles. The monoisotopic (exact) mass is 283 g/mol. The van der Waals surface area contributed by atoms with Gasteiger partial charge in [0.2, 0.25) is 0 Å². The molecule has 0 spiro atoms. The Morgan fingerprint density at radius 2 is 2.15 bits per heavy atom. The van der Waals surface area contributed by atoms with Gasteiger partial charge in [-0.15, -0.1) is 0 Å². The number of carbonyl (C=O) groups is 1. The zero-order chi connectivity index (χ0) is 14.9. The fourth-order valence-corrected chi connectivity index (χ4v) is 2.38. The number of hydrogen-bond donors (Lipinski definition) is 0. The lowest BCUT2D eigenvalue weighted by atomic mass is 10.0. The molecule has 0 atom stereocenters. The van der Waals surface area contributed by atoms with Crippen LogP contribution in [0.4, 0.5) is 13.2 Å². The van der Waals surface area contributed by atoms with Crippen molar-refractivity contribution in [1.82, 2.24) is 4.90 Å². The van der Waals surface area contributed by atoms with Crippen molar-refractivity contribution in [3.05, 3.63) is 41.2 Å². The Bertz CT molecular complexity index is 554. The lowest BCUT2D eigenvalue weighted by Gasteiger charge is -2.32. The minimum Gasteiger partial charge on any atom is -0.333 e. The number of halogens is 3. The van der Waals surface area contributed by atoms with Gasteiger partial charge in [-0.1, -0.05) is 12.7 Å². The lowest BCUT2D eigenvalue weighted by molar-refractivity contribution is -0.0561. The zero-order valence-electron chi connectivity index (χ0n) is 11.3. The van der Waals surface area contributed by atoms with Gasteiger partial charge in [0.25, 0.3) is 11.8 Å². The fourth-order valence-electron chi connectivity index (χ4n) is 2.38. The maximum Gasteiger partial charge on any atom is 0.265 e. The molecule has 1 amide bonds. The second-order valence-electron chi connectivity index (χ2n) is 5.08. The van der Waals surface area contributed by atoms with Crippen LogP contribution >= 0.6 is 0 Å². The topological polar surface area (TPSA) is 20.3 Å². The maximum atomic E-state index is 13.9. The number of piperidine rings is 1. The van der Waals surface area contributed by atoms with Crippen LogP contribution in [-0.2, 0) is 0 Å². The van der Waals surface area contributed by atoms with Gasteiger partial charge < -0.3 is 4.90 Å². The predicted octanol–water partition coefficient (Wildman–Crippen LogP) is 3.65. The maximum absolute atomic E-state index is 13.9. The van der Waals surface area contributed by atoms with Crippen molar-refractivity contribution < 1.29 is 18.0 Å². The zero-order valence-corrected chi connectivity index (χ0v) is 11.3. The lowest BCUT2D eigenvalue weighted by Crippen LogP contribution is -2.45. The number of benzene rings is 1. The van der Waals surface area contributed by atoms with E-state index >= 15 is 0 Å². The molecule has 1 aromatic rings. The van der Waals surface area contributed by atoms with E-state index in [-0.39, 0.29) is 24.9 Å². The van der Waals surface area contributed by atoms with E-state index in [1.807, 2.05) is 0 Å². The van der Waals surface area contributed by atoms with Gasteiger partial charge in [-0.3, -0.25) is 4.79 Å². The SMILES string of the molecule is C=Cc1cc(C(=O)N2CCCC(F)(F)C2)c(F)cc1C. The van der Waals surface area contributed by atoms with Crippen molar-refractivity contribution in [3.8, 4) is 0 Å². The Morgan fingerprint density at radius 1 is 1.45 bits per heavy atom. The smallest absolute Gasteiger partial charge is 0.265 e. The molecule has 5 heteroatoms. The molecule has 0 radical (unpaired) electrons. The van der Waals surface area contributed by atoms with E-state index in [1.54, 1.807) is 6.92 Å². The van der Waals surface area contributed by atoms with Crippen LogP contribution in [0.25, 0.3) is 6.08 Å². The molecule has 0 aliphatic carbocycles. The van der Waals surface area contributed by atoms with Crippen LogP contribution in [0.1, 0.15) is 34.3 Å².